The fourth-order valence-corrected chi connectivity index (χ4v) is 0.964. The highest BCUT2D eigenvalue weighted by Gasteiger charge is 2.41. The van der Waals surface area contributed by atoms with E-state index in [1.807, 2.05) is 0 Å². The molecule has 0 aliphatic heterocycles. The molecule has 0 fully saturated rings. The van der Waals surface area contributed by atoms with Gasteiger partial charge in [0.25, 0.3) is 0 Å². The fourth-order valence-electron chi connectivity index (χ4n) is 0.0619. The van der Waals surface area contributed by atoms with Gasteiger partial charge in [-0.15, -0.1) is 10.0 Å². The van der Waals surface area contributed by atoms with Gasteiger partial charge in [-0.3, -0.25) is 0 Å². The maximum atomic E-state index is 11.8. The Hall–Kier alpha value is 0.620. The molecule has 0 saturated carbocycles. The van der Waals surface area contributed by atoms with E-state index in [9.17, 15) is 13.2 Å². The lowest BCUT2D eigenvalue weighted by molar-refractivity contribution is -0.0371. The van der Waals surface area contributed by atoms with Crippen molar-refractivity contribution < 1.29 is 13.2 Å². The van der Waals surface area contributed by atoms with Crippen LogP contribution in [0.15, 0.2) is 0 Å². The molecule has 0 unspecified atom stereocenters. The van der Waals surface area contributed by atoms with Gasteiger partial charge in [-0.2, -0.15) is 13.2 Å². The van der Waals surface area contributed by atoms with Crippen molar-refractivity contribution in [2.24, 2.45) is 0 Å². The van der Waals surface area contributed by atoms with E-state index in [1.54, 1.807) is 0 Å². The number of rotatable bonds is 1. The largest absolute Gasteiger partial charge is 0.426 e. The number of alkyl halides is 4. The predicted molar refractivity (Wildman–Crippen MR) is 39.3 cm³/mol. The molecule has 0 N–H and O–H groups in total. The summed E-state index contributed by atoms with van der Waals surface area (Å²) in [5, 5.41) is 0. The molecule has 0 aromatic rings. The Morgan fingerprint density at radius 3 is 1.67 bits per heavy atom. The maximum absolute atomic E-state index is 11.8. The van der Waals surface area contributed by atoms with Crippen LogP contribution in [0.5, 0.6) is 0 Å². The molecule has 0 aromatic carbocycles. The monoisotopic (exact) mass is 224 g/mol. The number of hydrogen-bond donors (Lipinski definition) is 0. The smallest absolute Gasteiger partial charge is 0.162 e. The average Bonchev–Trinajstić information content (AvgIpc) is 1.64. The molecule has 0 amide bonds. The summed E-state index contributed by atoms with van der Waals surface area (Å²) in [6.45, 7) is 0. The minimum absolute atomic E-state index is 0.0312. The second kappa shape index (κ2) is 2.70. The van der Waals surface area contributed by atoms with Crippen molar-refractivity contribution in [3.8, 4) is 0 Å². The molecular formula is C4H8BrF3S. The molecule has 0 saturated heterocycles. The normalized spacial score (nSPS) is 15.8. The third-order valence-electron chi connectivity index (χ3n) is 0.899. The lowest BCUT2D eigenvalue weighted by Gasteiger charge is -2.30. The van der Waals surface area contributed by atoms with Crippen LogP contribution in [-0.4, -0.2) is 22.7 Å². The van der Waals surface area contributed by atoms with E-state index in [4.69, 9.17) is 0 Å². The third kappa shape index (κ3) is 2.37. The summed E-state index contributed by atoms with van der Waals surface area (Å²) in [7, 11) is -2.42. The minimum Gasteiger partial charge on any atom is -0.162 e. The highest BCUT2D eigenvalue weighted by molar-refractivity contribution is 9.11. The van der Waals surface area contributed by atoms with Crippen molar-refractivity contribution >= 4 is 26.0 Å². The lowest BCUT2D eigenvalue weighted by atomic mass is 11.5. The van der Waals surface area contributed by atoms with Gasteiger partial charge in [-0.25, -0.2) is 0 Å². The molecule has 0 radical (unpaired) electrons. The number of halogens is 4. The highest BCUT2D eigenvalue weighted by Crippen LogP contribution is 2.57. The van der Waals surface area contributed by atoms with Crippen molar-refractivity contribution in [2.75, 3.05) is 17.2 Å². The van der Waals surface area contributed by atoms with Crippen LogP contribution in [0.2, 0.25) is 0 Å². The summed E-state index contributed by atoms with van der Waals surface area (Å²) in [4.78, 5) is 0. The zero-order chi connectivity index (χ0) is 7.71. The van der Waals surface area contributed by atoms with Crippen LogP contribution in [0, 0.1) is 0 Å². The van der Waals surface area contributed by atoms with E-state index in [1.165, 1.54) is 12.5 Å². The summed E-state index contributed by atoms with van der Waals surface area (Å²) >= 11 is 2.82. The van der Waals surface area contributed by atoms with Gasteiger partial charge in [-0.1, -0.05) is 15.9 Å². The predicted octanol–water partition coefficient (Wildman–Crippen LogP) is 2.92. The molecule has 0 aliphatic rings. The van der Waals surface area contributed by atoms with Crippen LogP contribution in [0.1, 0.15) is 0 Å². The van der Waals surface area contributed by atoms with Gasteiger partial charge in [0.2, 0.25) is 0 Å². The molecule has 9 heavy (non-hydrogen) atoms. The van der Waals surface area contributed by atoms with Crippen LogP contribution < -0.4 is 0 Å². The molecule has 0 aliphatic carbocycles. The van der Waals surface area contributed by atoms with Crippen LogP contribution in [0.25, 0.3) is 0 Å². The van der Waals surface area contributed by atoms with Gasteiger partial charge in [0.05, 0.1) is 0 Å². The van der Waals surface area contributed by atoms with Gasteiger partial charge in [-0.05, 0) is 12.5 Å². The first-order chi connectivity index (χ1) is 3.81. The lowest BCUT2D eigenvalue weighted by Crippen LogP contribution is -2.18. The molecule has 0 bridgehead atoms. The zero-order valence-corrected chi connectivity index (χ0v) is 7.53. The second-order valence-corrected chi connectivity index (χ2v) is 7.22. The van der Waals surface area contributed by atoms with Gasteiger partial charge in [0, 0.05) is 4.66 Å². The molecule has 0 aromatic heterocycles. The SMILES string of the molecule is CS(C)(CBr)C(F)(F)F. The molecule has 0 spiro atoms. The molecular weight excluding hydrogens is 217 g/mol. The number of hydrogen-bond acceptors (Lipinski definition) is 0. The van der Waals surface area contributed by atoms with Crippen molar-refractivity contribution in [1.29, 1.82) is 0 Å². The van der Waals surface area contributed by atoms with Gasteiger partial charge >= 0.3 is 5.51 Å². The quantitative estimate of drug-likeness (QED) is 0.602. The van der Waals surface area contributed by atoms with Crippen LogP contribution in [0.4, 0.5) is 13.2 Å². The van der Waals surface area contributed by atoms with Gasteiger partial charge in [0.1, 0.15) is 0 Å². The van der Waals surface area contributed by atoms with E-state index in [-0.39, 0.29) is 4.66 Å². The molecule has 0 atom stereocenters. The fraction of sp³-hybridized carbons (Fsp3) is 1.00. The summed E-state index contributed by atoms with van der Waals surface area (Å²) in [6, 6.07) is 0. The first-order valence-electron chi connectivity index (χ1n) is 2.14. The summed E-state index contributed by atoms with van der Waals surface area (Å²) < 4.78 is 35.6. The van der Waals surface area contributed by atoms with Crippen molar-refractivity contribution in [1.82, 2.24) is 0 Å². The Kier molecular flexibility index (Phi) is 2.88. The average molecular weight is 225 g/mol. The summed E-state index contributed by atoms with van der Waals surface area (Å²) in [5.41, 5.74) is -4.02. The topological polar surface area (TPSA) is 0 Å². The third-order valence-corrected chi connectivity index (χ3v) is 6.13. The standard InChI is InChI=1S/C4H8BrF3S/c1-9(2,3-5)4(6,7)8/h3H2,1-2H3. The summed E-state index contributed by atoms with van der Waals surface area (Å²) in [6.07, 6.45) is 2.48. The molecule has 0 heterocycles. The van der Waals surface area contributed by atoms with E-state index in [2.05, 4.69) is 15.9 Å². The molecule has 0 nitrogen and oxygen atoms in total. The first-order valence-corrected chi connectivity index (χ1v) is 5.88. The Labute approximate surface area is 62.3 Å². The Morgan fingerprint density at radius 1 is 1.33 bits per heavy atom. The Balaban J connectivity index is 4.14. The van der Waals surface area contributed by atoms with Crippen molar-refractivity contribution in [2.45, 2.75) is 5.51 Å². The first kappa shape index (κ1) is 9.62. The van der Waals surface area contributed by atoms with E-state index in [0.29, 0.717) is 0 Å². The highest BCUT2D eigenvalue weighted by atomic mass is 79.9. The van der Waals surface area contributed by atoms with Gasteiger partial charge in [0.15, 0.2) is 0 Å². The van der Waals surface area contributed by atoms with Crippen molar-refractivity contribution in [3.05, 3.63) is 0 Å². The van der Waals surface area contributed by atoms with Gasteiger partial charge < -0.3 is 0 Å². The molecule has 5 heteroatoms. The van der Waals surface area contributed by atoms with Crippen LogP contribution in [0.3, 0.4) is 0 Å². The van der Waals surface area contributed by atoms with Crippen LogP contribution >= 0.6 is 26.0 Å². The Bertz CT molecular complexity index is 98.5. The van der Waals surface area contributed by atoms with E-state index < -0.39 is 15.5 Å². The van der Waals surface area contributed by atoms with Crippen LogP contribution in [-0.2, 0) is 0 Å². The molecule has 58 valence electrons. The maximum Gasteiger partial charge on any atom is 0.426 e. The van der Waals surface area contributed by atoms with E-state index >= 15 is 0 Å². The van der Waals surface area contributed by atoms with E-state index in [0.717, 1.165) is 0 Å². The Morgan fingerprint density at radius 2 is 1.67 bits per heavy atom. The minimum atomic E-state index is -4.02. The summed E-state index contributed by atoms with van der Waals surface area (Å²) in [5.74, 6) is 0. The zero-order valence-electron chi connectivity index (χ0n) is 5.13. The van der Waals surface area contributed by atoms with Crippen molar-refractivity contribution in [3.63, 3.8) is 0 Å². The molecule has 0 rings (SSSR count). The second-order valence-electron chi connectivity index (χ2n) is 2.09.